The highest BCUT2D eigenvalue weighted by Gasteiger charge is 2.15. The van der Waals surface area contributed by atoms with E-state index >= 15 is 0 Å². The summed E-state index contributed by atoms with van der Waals surface area (Å²) < 4.78 is 0. The summed E-state index contributed by atoms with van der Waals surface area (Å²) in [5.41, 5.74) is 0.949. The van der Waals surface area contributed by atoms with Gasteiger partial charge in [-0.2, -0.15) is 0 Å². The summed E-state index contributed by atoms with van der Waals surface area (Å²) >= 11 is 1.41. The number of nitrogens with zero attached hydrogens (tertiary/aromatic N) is 2. The van der Waals surface area contributed by atoms with E-state index in [2.05, 4.69) is 10.3 Å². The van der Waals surface area contributed by atoms with Crippen molar-refractivity contribution in [1.82, 2.24) is 9.88 Å². The lowest BCUT2D eigenvalue weighted by atomic mass is 10.2. The zero-order valence-corrected chi connectivity index (χ0v) is 14.7. The first-order chi connectivity index (χ1) is 11.6. The quantitative estimate of drug-likeness (QED) is 0.784. The molecule has 2 amide bonds. The summed E-state index contributed by atoms with van der Waals surface area (Å²) in [5.74, 6) is -0.412. The van der Waals surface area contributed by atoms with Crippen LogP contribution in [0.2, 0.25) is 0 Å². The normalized spacial score (nSPS) is 10.8. The van der Waals surface area contributed by atoms with E-state index in [1.165, 1.54) is 22.3 Å². The molecule has 0 fully saturated rings. The SMILES string of the molecule is CCCN(CC(=O)Nc1ncc(C)s1)C(=O)/C=C/c1ccccc1. The van der Waals surface area contributed by atoms with E-state index in [0.29, 0.717) is 11.7 Å². The Balaban J connectivity index is 1.96. The highest BCUT2D eigenvalue weighted by atomic mass is 32.1. The predicted molar refractivity (Wildman–Crippen MR) is 97.8 cm³/mol. The van der Waals surface area contributed by atoms with Crippen LogP contribution in [0.25, 0.3) is 6.08 Å². The molecule has 1 aromatic heterocycles. The van der Waals surface area contributed by atoms with Gasteiger partial charge in [-0.1, -0.05) is 37.3 Å². The Morgan fingerprint density at radius 3 is 2.67 bits per heavy atom. The third kappa shape index (κ3) is 5.62. The van der Waals surface area contributed by atoms with E-state index in [9.17, 15) is 9.59 Å². The maximum atomic E-state index is 12.3. The topological polar surface area (TPSA) is 62.3 Å². The van der Waals surface area contributed by atoms with Crippen molar-refractivity contribution >= 4 is 34.4 Å². The number of benzene rings is 1. The van der Waals surface area contributed by atoms with Crippen molar-refractivity contribution in [2.24, 2.45) is 0 Å². The molecule has 0 unspecified atom stereocenters. The monoisotopic (exact) mass is 343 g/mol. The minimum Gasteiger partial charge on any atom is -0.330 e. The second-order valence-corrected chi connectivity index (χ2v) is 6.56. The van der Waals surface area contributed by atoms with Crippen molar-refractivity contribution in [2.45, 2.75) is 20.3 Å². The fourth-order valence-electron chi connectivity index (χ4n) is 2.12. The first-order valence-electron chi connectivity index (χ1n) is 7.83. The summed E-state index contributed by atoms with van der Waals surface area (Å²) in [6.07, 6.45) is 5.76. The molecule has 0 bridgehead atoms. The Labute approximate surface area is 146 Å². The van der Waals surface area contributed by atoms with E-state index < -0.39 is 0 Å². The molecule has 0 aliphatic heterocycles. The van der Waals surface area contributed by atoms with Crippen molar-refractivity contribution in [2.75, 3.05) is 18.4 Å². The van der Waals surface area contributed by atoms with Gasteiger partial charge in [-0.3, -0.25) is 9.59 Å². The van der Waals surface area contributed by atoms with Crippen LogP contribution in [0.3, 0.4) is 0 Å². The van der Waals surface area contributed by atoms with Crippen LogP contribution in [0.5, 0.6) is 0 Å². The van der Waals surface area contributed by atoms with E-state index in [1.807, 2.05) is 44.2 Å². The number of carbonyl (C=O) groups excluding carboxylic acids is 2. The van der Waals surface area contributed by atoms with Gasteiger partial charge in [-0.05, 0) is 25.0 Å². The van der Waals surface area contributed by atoms with Gasteiger partial charge >= 0.3 is 0 Å². The van der Waals surface area contributed by atoms with Crippen LogP contribution in [0.1, 0.15) is 23.8 Å². The third-order valence-corrected chi connectivity index (χ3v) is 4.05. The molecule has 0 aliphatic rings. The van der Waals surface area contributed by atoms with Gasteiger partial charge in [0, 0.05) is 23.7 Å². The maximum Gasteiger partial charge on any atom is 0.247 e. The Hall–Kier alpha value is -2.47. The fourth-order valence-corrected chi connectivity index (χ4v) is 2.80. The van der Waals surface area contributed by atoms with Crippen molar-refractivity contribution in [1.29, 1.82) is 0 Å². The number of aryl methyl sites for hydroxylation is 1. The summed E-state index contributed by atoms with van der Waals surface area (Å²) in [6, 6.07) is 9.60. The van der Waals surface area contributed by atoms with Crippen molar-refractivity contribution < 1.29 is 9.59 Å². The van der Waals surface area contributed by atoms with Gasteiger partial charge in [0.1, 0.15) is 6.54 Å². The molecule has 1 aromatic carbocycles. The zero-order valence-electron chi connectivity index (χ0n) is 13.9. The van der Waals surface area contributed by atoms with E-state index in [0.717, 1.165) is 16.9 Å². The number of nitrogens with one attached hydrogen (secondary N) is 1. The molecular weight excluding hydrogens is 322 g/mol. The summed E-state index contributed by atoms with van der Waals surface area (Å²) in [7, 11) is 0. The molecule has 0 atom stereocenters. The number of anilines is 1. The summed E-state index contributed by atoms with van der Waals surface area (Å²) in [6.45, 7) is 4.45. The molecule has 24 heavy (non-hydrogen) atoms. The molecule has 5 nitrogen and oxygen atoms in total. The Bertz CT molecular complexity index is 710. The summed E-state index contributed by atoms with van der Waals surface area (Å²) in [5, 5.41) is 3.29. The lowest BCUT2D eigenvalue weighted by Crippen LogP contribution is -2.37. The molecule has 2 rings (SSSR count). The molecule has 0 radical (unpaired) electrons. The minimum absolute atomic E-state index is 0.0183. The van der Waals surface area contributed by atoms with E-state index in [1.54, 1.807) is 12.3 Å². The van der Waals surface area contributed by atoms with Crippen LogP contribution in [0.15, 0.2) is 42.6 Å². The molecule has 6 heteroatoms. The first kappa shape index (κ1) is 17.9. The molecule has 0 spiro atoms. The largest absolute Gasteiger partial charge is 0.330 e. The van der Waals surface area contributed by atoms with E-state index in [4.69, 9.17) is 0 Å². The number of carbonyl (C=O) groups is 2. The smallest absolute Gasteiger partial charge is 0.247 e. The highest BCUT2D eigenvalue weighted by molar-refractivity contribution is 7.15. The van der Waals surface area contributed by atoms with Crippen LogP contribution < -0.4 is 5.32 Å². The Kier molecular flexibility index (Phi) is 6.69. The van der Waals surface area contributed by atoms with Gasteiger partial charge in [-0.25, -0.2) is 4.98 Å². The lowest BCUT2D eigenvalue weighted by Gasteiger charge is -2.19. The molecule has 0 aliphatic carbocycles. The lowest BCUT2D eigenvalue weighted by molar-refractivity contribution is -0.130. The van der Waals surface area contributed by atoms with Gasteiger partial charge in [-0.15, -0.1) is 11.3 Å². The van der Waals surface area contributed by atoms with Crippen molar-refractivity contribution in [3.63, 3.8) is 0 Å². The number of aromatic nitrogens is 1. The number of hydrogen-bond donors (Lipinski definition) is 1. The standard InChI is InChI=1S/C18H21N3O2S/c1-3-11-21(13-16(22)20-18-19-12-14(2)24-18)17(23)10-9-15-7-5-4-6-8-15/h4-10,12H,3,11,13H2,1-2H3,(H,19,20,22)/b10-9+. The van der Waals surface area contributed by atoms with E-state index in [-0.39, 0.29) is 18.4 Å². The molecule has 1 heterocycles. The molecule has 2 aromatic rings. The van der Waals surface area contributed by atoms with Crippen molar-refractivity contribution in [3.05, 3.63) is 53.0 Å². The second kappa shape index (κ2) is 8.98. The van der Waals surface area contributed by atoms with Crippen LogP contribution in [-0.2, 0) is 9.59 Å². The minimum atomic E-state index is -0.237. The zero-order chi connectivity index (χ0) is 17.4. The van der Waals surface area contributed by atoms with Gasteiger partial charge < -0.3 is 10.2 Å². The van der Waals surface area contributed by atoms with Crippen LogP contribution in [0, 0.1) is 6.92 Å². The molecule has 0 saturated carbocycles. The highest BCUT2D eigenvalue weighted by Crippen LogP contribution is 2.16. The maximum absolute atomic E-state index is 12.3. The fraction of sp³-hybridized carbons (Fsp3) is 0.278. The number of thiazole rings is 1. The van der Waals surface area contributed by atoms with Gasteiger partial charge in [0.25, 0.3) is 0 Å². The number of hydrogen-bond acceptors (Lipinski definition) is 4. The number of amides is 2. The Morgan fingerprint density at radius 1 is 1.29 bits per heavy atom. The Morgan fingerprint density at radius 2 is 2.04 bits per heavy atom. The first-order valence-corrected chi connectivity index (χ1v) is 8.64. The van der Waals surface area contributed by atoms with Gasteiger partial charge in [0.05, 0.1) is 0 Å². The van der Waals surface area contributed by atoms with Gasteiger partial charge in [0.15, 0.2) is 5.13 Å². The van der Waals surface area contributed by atoms with Gasteiger partial charge in [0.2, 0.25) is 11.8 Å². The predicted octanol–water partition coefficient (Wildman–Crippen LogP) is 3.34. The van der Waals surface area contributed by atoms with Crippen molar-refractivity contribution in [3.8, 4) is 0 Å². The molecule has 0 saturated heterocycles. The van der Waals surface area contributed by atoms with Crippen LogP contribution >= 0.6 is 11.3 Å². The van der Waals surface area contributed by atoms with Crippen LogP contribution in [-0.4, -0.2) is 34.8 Å². The second-order valence-electron chi connectivity index (χ2n) is 5.33. The summed E-state index contributed by atoms with van der Waals surface area (Å²) in [4.78, 5) is 31.1. The third-order valence-electron chi connectivity index (χ3n) is 3.23. The molecule has 126 valence electrons. The molecular formula is C18H21N3O2S. The molecule has 1 N–H and O–H groups in total. The average molecular weight is 343 g/mol. The number of rotatable bonds is 7. The van der Waals surface area contributed by atoms with Crippen LogP contribution in [0.4, 0.5) is 5.13 Å². The average Bonchev–Trinajstić information content (AvgIpc) is 2.98.